The quantitative estimate of drug-likeness (QED) is 0.519. The van der Waals surface area contributed by atoms with E-state index in [1.807, 2.05) is 0 Å². The molecule has 0 radical (unpaired) electrons. The molecule has 0 unspecified atom stereocenters. The first-order chi connectivity index (χ1) is 10.1. The van der Waals surface area contributed by atoms with Crippen molar-refractivity contribution in [2.24, 2.45) is 0 Å². The third-order valence-electron chi connectivity index (χ3n) is 2.90. The molecular weight excluding hydrogens is 272 g/mol. The molecule has 0 aromatic heterocycles. The lowest BCUT2D eigenvalue weighted by atomic mass is 10.1. The Morgan fingerprint density at radius 2 is 1.81 bits per heavy atom. The van der Waals surface area contributed by atoms with E-state index in [1.165, 1.54) is 12.1 Å². The molecule has 0 heterocycles. The second kappa shape index (κ2) is 6.42. The highest BCUT2D eigenvalue weighted by Gasteiger charge is 2.16. The van der Waals surface area contributed by atoms with Gasteiger partial charge < -0.3 is 5.32 Å². The number of nitrogens with zero attached hydrogens (tertiary/aromatic N) is 1. The number of anilines is 1. The predicted octanol–water partition coefficient (Wildman–Crippen LogP) is 2.59. The molecule has 1 N–H and O–H groups in total. The Bertz CT molecular complexity index is 698. The van der Waals surface area contributed by atoms with Crippen LogP contribution in [0.25, 0.3) is 0 Å². The predicted molar refractivity (Wildman–Crippen MR) is 77.3 cm³/mol. The normalized spacial score (nSPS) is 9.90. The molecule has 0 bridgehead atoms. The molecule has 0 spiro atoms. The van der Waals surface area contributed by atoms with Gasteiger partial charge in [0.05, 0.1) is 17.0 Å². The molecule has 2 aromatic rings. The number of nitro groups is 1. The molecule has 6 nitrogen and oxygen atoms in total. The van der Waals surface area contributed by atoms with E-state index in [2.05, 4.69) is 5.32 Å². The van der Waals surface area contributed by atoms with Crippen LogP contribution < -0.4 is 5.32 Å². The molecular formula is C15H12N2O4. The summed E-state index contributed by atoms with van der Waals surface area (Å²) in [7, 11) is 0. The standard InChI is InChI=1S/C15H12N2O4/c18-10-12-6-1-3-7-13(12)16-15(19)9-11-5-2-4-8-14(11)17(20)21/h1-8,10H,9H2,(H,16,19). The number of benzene rings is 2. The van der Waals surface area contributed by atoms with Gasteiger partial charge in [0.1, 0.15) is 0 Å². The highest BCUT2D eigenvalue weighted by Crippen LogP contribution is 2.19. The van der Waals surface area contributed by atoms with Crippen molar-refractivity contribution >= 4 is 23.6 Å². The van der Waals surface area contributed by atoms with Gasteiger partial charge in [0.25, 0.3) is 5.69 Å². The number of para-hydroxylation sites is 2. The number of hydrogen-bond acceptors (Lipinski definition) is 4. The van der Waals surface area contributed by atoms with Gasteiger partial charge in [-0.05, 0) is 12.1 Å². The van der Waals surface area contributed by atoms with Crippen LogP contribution in [0.15, 0.2) is 48.5 Å². The molecule has 0 atom stereocenters. The highest BCUT2D eigenvalue weighted by molar-refractivity contribution is 5.97. The highest BCUT2D eigenvalue weighted by atomic mass is 16.6. The molecule has 6 heteroatoms. The van der Waals surface area contributed by atoms with Crippen molar-refractivity contribution in [1.29, 1.82) is 0 Å². The minimum absolute atomic E-state index is 0.101. The third kappa shape index (κ3) is 3.50. The van der Waals surface area contributed by atoms with E-state index >= 15 is 0 Å². The Kier molecular flexibility index (Phi) is 4.40. The largest absolute Gasteiger partial charge is 0.325 e. The zero-order chi connectivity index (χ0) is 15.2. The fourth-order valence-corrected chi connectivity index (χ4v) is 1.92. The Balaban J connectivity index is 2.16. The fraction of sp³-hybridized carbons (Fsp3) is 0.0667. The number of carbonyl (C=O) groups is 2. The van der Waals surface area contributed by atoms with Crippen molar-refractivity contribution in [1.82, 2.24) is 0 Å². The van der Waals surface area contributed by atoms with Crippen LogP contribution in [0, 0.1) is 10.1 Å². The van der Waals surface area contributed by atoms with Gasteiger partial charge >= 0.3 is 0 Å². The Morgan fingerprint density at radius 3 is 2.52 bits per heavy atom. The van der Waals surface area contributed by atoms with Crippen LogP contribution >= 0.6 is 0 Å². The lowest BCUT2D eigenvalue weighted by Gasteiger charge is -2.07. The first-order valence-corrected chi connectivity index (χ1v) is 6.18. The van der Waals surface area contributed by atoms with E-state index in [1.54, 1.807) is 36.4 Å². The summed E-state index contributed by atoms with van der Waals surface area (Å²) in [6.07, 6.45) is 0.505. The number of nitrogens with one attached hydrogen (secondary N) is 1. The van der Waals surface area contributed by atoms with Crippen LogP contribution in [0.3, 0.4) is 0 Å². The van der Waals surface area contributed by atoms with Gasteiger partial charge in [0.15, 0.2) is 6.29 Å². The Labute approximate surface area is 120 Å². The van der Waals surface area contributed by atoms with E-state index < -0.39 is 10.8 Å². The summed E-state index contributed by atoms with van der Waals surface area (Å²) in [5, 5.41) is 13.5. The van der Waals surface area contributed by atoms with Gasteiger partial charge in [0.2, 0.25) is 5.91 Å². The molecule has 0 aliphatic heterocycles. The zero-order valence-electron chi connectivity index (χ0n) is 11.0. The van der Waals surface area contributed by atoms with Gasteiger partial charge in [-0.25, -0.2) is 0 Å². The number of hydrogen-bond donors (Lipinski definition) is 1. The number of rotatable bonds is 5. The maximum absolute atomic E-state index is 12.0. The van der Waals surface area contributed by atoms with E-state index in [9.17, 15) is 19.7 Å². The average Bonchev–Trinajstić information content (AvgIpc) is 2.48. The smallest absolute Gasteiger partial charge is 0.273 e. The van der Waals surface area contributed by atoms with Crippen LogP contribution in [-0.2, 0) is 11.2 Å². The van der Waals surface area contributed by atoms with Crippen molar-refractivity contribution in [2.75, 3.05) is 5.32 Å². The summed E-state index contributed by atoms with van der Waals surface area (Å²) < 4.78 is 0. The van der Waals surface area contributed by atoms with Crippen molar-refractivity contribution < 1.29 is 14.5 Å². The molecule has 0 aliphatic carbocycles. The topological polar surface area (TPSA) is 89.3 Å². The van der Waals surface area contributed by atoms with Gasteiger partial charge in [-0.15, -0.1) is 0 Å². The Hall–Kier alpha value is -3.02. The second-order valence-electron chi connectivity index (χ2n) is 4.32. The van der Waals surface area contributed by atoms with Crippen LogP contribution in [0.2, 0.25) is 0 Å². The Morgan fingerprint density at radius 1 is 1.14 bits per heavy atom. The number of amides is 1. The summed E-state index contributed by atoms with van der Waals surface area (Å²) in [6, 6.07) is 12.6. The SMILES string of the molecule is O=Cc1ccccc1NC(=O)Cc1ccccc1[N+](=O)[O-]. The first-order valence-electron chi connectivity index (χ1n) is 6.18. The van der Waals surface area contributed by atoms with E-state index in [-0.39, 0.29) is 12.1 Å². The number of nitro benzene ring substituents is 1. The first kappa shape index (κ1) is 14.4. The van der Waals surface area contributed by atoms with E-state index in [4.69, 9.17) is 0 Å². The summed E-state index contributed by atoms with van der Waals surface area (Å²) in [4.78, 5) is 33.2. The van der Waals surface area contributed by atoms with Crippen LogP contribution in [0.4, 0.5) is 11.4 Å². The van der Waals surface area contributed by atoms with Crippen molar-refractivity contribution in [3.8, 4) is 0 Å². The summed E-state index contributed by atoms with van der Waals surface area (Å²) in [5.74, 6) is -0.418. The van der Waals surface area contributed by atoms with Crippen LogP contribution in [0.5, 0.6) is 0 Å². The lowest BCUT2D eigenvalue weighted by molar-refractivity contribution is -0.385. The number of aldehydes is 1. The molecule has 0 aliphatic rings. The molecule has 0 fully saturated rings. The van der Waals surface area contributed by atoms with Crippen LogP contribution in [-0.4, -0.2) is 17.1 Å². The zero-order valence-corrected chi connectivity index (χ0v) is 11.0. The summed E-state index contributed by atoms with van der Waals surface area (Å²) >= 11 is 0. The average molecular weight is 284 g/mol. The van der Waals surface area contributed by atoms with Crippen molar-refractivity contribution in [2.45, 2.75) is 6.42 Å². The van der Waals surface area contributed by atoms with Crippen molar-refractivity contribution in [3.05, 3.63) is 69.8 Å². The molecule has 2 aromatic carbocycles. The van der Waals surface area contributed by atoms with E-state index in [0.717, 1.165) is 0 Å². The van der Waals surface area contributed by atoms with Gasteiger partial charge in [0, 0.05) is 17.2 Å². The molecule has 21 heavy (non-hydrogen) atoms. The van der Waals surface area contributed by atoms with E-state index in [0.29, 0.717) is 23.1 Å². The number of carbonyl (C=O) groups excluding carboxylic acids is 2. The molecule has 2 rings (SSSR count). The van der Waals surface area contributed by atoms with Gasteiger partial charge in [-0.1, -0.05) is 30.3 Å². The minimum atomic E-state index is -0.526. The summed E-state index contributed by atoms with van der Waals surface area (Å²) in [5.41, 5.74) is 0.962. The lowest BCUT2D eigenvalue weighted by Crippen LogP contribution is -2.16. The fourth-order valence-electron chi connectivity index (χ4n) is 1.92. The molecule has 0 saturated carbocycles. The maximum atomic E-state index is 12.0. The van der Waals surface area contributed by atoms with Crippen LogP contribution in [0.1, 0.15) is 15.9 Å². The molecule has 1 amide bonds. The van der Waals surface area contributed by atoms with Gasteiger partial charge in [-0.3, -0.25) is 19.7 Å². The monoisotopic (exact) mass is 284 g/mol. The third-order valence-corrected chi connectivity index (χ3v) is 2.90. The molecule has 106 valence electrons. The second-order valence-corrected chi connectivity index (χ2v) is 4.32. The minimum Gasteiger partial charge on any atom is -0.325 e. The summed E-state index contributed by atoms with van der Waals surface area (Å²) in [6.45, 7) is 0. The maximum Gasteiger partial charge on any atom is 0.273 e. The van der Waals surface area contributed by atoms with Gasteiger partial charge in [-0.2, -0.15) is 0 Å². The van der Waals surface area contributed by atoms with Crippen molar-refractivity contribution in [3.63, 3.8) is 0 Å². The molecule has 0 saturated heterocycles.